The number of nitrogens with zero attached hydrogens (tertiary/aromatic N) is 3. The van der Waals surface area contributed by atoms with Crippen molar-refractivity contribution < 1.29 is 9.53 Å². The number of carbonyl (C=O) groups is 1. The van der Waals surface area contributed by atoms with Gasteiger partial charge >= 0.3 is 0 Å². The van der Waals surface area contributed by atoms with Crippen LogP contribution < -0.4 is 10.1 Å². The van der Waals surface area contributed by atoms with E-state index in [0.717, 1.165) is 11.3 Å². The smallest absolute Gasteiger partial charge is 0.273 e. The quantitative estimate of drug-likeness (QED) is 0.784. The summed E-state index contributed by atoms with van der Waals surface area (Å²) >= 11 is 6.16. The Hall–Kier alpha value is -2.86. The molecule has 0 bridgehead atoms. The summed E-state index contributed by atoms with van der Waals surface area (Å²) in [6.45, 7) is 0.564. The maximum Gasteiger partial charge on any atom is 0.273 e. The van der Waals surface area contributed by atoms with Crippen molar-refractivity contribution in [2.75, 3.05) is 6.61 Å². The van der Waals surface area contributed by atoms with Gasteiger partial charge in [-0.15, -0.1) is 5.10 Å². The van der Waals surface area contributed by atoms with Gasteiger partial charge < -0.3 is 10.1 Å². The minimum atomic E-state index is -0.278. The van der Waals surface area contributed by atoms with Crippen LogP contribution in [0.15, 0.2) is 54.7 Å². The Kier molecular flexibility index (Phi) is 4.11. The molecule has 4 rings (SSSR count). The van der Waals surface area contributed by atoms with Gasteiger partial charge in [-0.3, -0.25) is 4.79 Å². The molecule has 0 radical (unpaired) electrons. The average Bonchev–Trinajstić information content (AvgIpc) is 3.12. The molecule has 0 spiro atoms. The third-order valence-electron chi connectivity index (χ3n) is 4.09. The van der Waals surface area contributed by atoms with Gasteiger partial charge in [0.05, 0.1) is 29.6 Å². The molecule has 0 saturated carbocycles. The number of aromatic nitrogens is 3. The molecule has 1 aliphatic rings. The number of hydrogen-bond acceptors (Lipinski definition) is 4. The molecule has 126 valence electrons. The average molecular weight is 355 g/mol. The van der Waals surface area contributed by atoms with Crippen molar-refractivity contribution in [3.8, 4) is 11.4 Å². The molecule has 0 aliphatic carbocycles. The van der Waals surface area contributed by atoms with Crippen molar-refractivity contribution in [1.82, 2.24) is 20.3 Å². The number of hydrogen-bond donors (Lipinski definition) is 1. The molecule has 1 N–H and O–H groups in total. The topological polar surface area (TPSA) is 69.0 Å². The summed E-state index contributed by atoms with van der Waals surface area (Å²) in [6, 6.07) is 14.9. The lowest BCUT2D eigenvalue weighted by Crippen LogP contribution is -2.32. The van der Waals surface area contributed by atoms with Crippen molar-refractivity contribution in [2.45, 2.75) is 12.5 Å². The third kappa shape index (κ3) is 3.08. The molecule has 7 heteroatoms. The Morgan fingerprint density at radius 2 is 2.00 bits per heavy atom. The van der Waals surface area contributed by atoms with Gasteiger partial charge in [0.1, 0.15) is 5.75 Å². The lowest BCUT2D eigenvalue weighted by atomic mass is 10.0. The van der Waals surface area contributed by atoms with Crippen molar-refractivity contribution in [3.05, 3.63) is 71.0 Å². The Balaban J connectivity index is 1.54. The van der Waals surface area contributed by atoms with Crippen LogP contribution in [0.5, 0.6) is 5.75 Å². The summed E-state index contributed by atoms with van der Waals surface area (Å²) in [5, 5.41) is 11.5. The number of nitrogens with one attached hydrogen (secondary N) is 1. The molecule has 1 atom stereocenters. The number of benzene rings is 2. The molecule has 1 unspecified atom stereocenters. The fourth-order valence-corrected chi connectivity index (χ4v) is 3.07. The zero-order chi connectivity index (χ0) is 17.2. The second-order valence-electron chi connectivity index (χ2n) is 5.70. The molecule has 1 aliphatic heterocycles. The van der Waals surface area contributed by atoms with Crippen LogP contribution in [0.2, 0.25) is 5.02 Å². The maximum absolute atomic E-state index is 12.6. The van der Waals surface area contributed by atoms with Gasteiger partial charge in [0.25, 0.3) is 5.91 Å². The van der Waals surface area contributed by atoms with Crippen LogP contribution in [0.3, 0.4) is 0 Å². The fourth-order valence-electron chi connectivity index (χ4n) is 2.85. The van der Waals surface area contributed by atoms with E-state index >= 15 is 0 Å². The minimum absolute atomic E-state index is 0.108. The first kappa shape index (κ1) is 15.7. The number of para-hydroxylation sites is 2. The van der Waals surface area contributed by atoms with Crippen LogP contribution >= 0.6 is 11.6 Å². The zero-order valence-electron chi connectivity index (χ0n) is 13.2. The highest BCUT2D eigenvalue weighted by Crippen LogP contribution is 2.31. The lowest BCUT2D eigenvalue weighted by Gasteiger charge is -2.26. The first-order valence-electron chi connectivity index (χ1n) is 7.92. The minimum Gasteiger partial charge on any atom is -0.493 e. The van der Waals surface area contributed by atoms with E-state index in [-0.39, 0.29) is 17.6 Å². The van der Waals surface area contributed by atoms with E-state index in [1.807, 2.05) is 42.5 Å². The van der Waals surface area contributed by atoms with Gasteiger partial charge in [0, 0.05) is 12.0 Å². The molecule has 3 aromatic rings. The van der Waals surface area contributed by atoms with Crippen molar-refractivity contribution >= 4 is 17.5 Å². The predicted molar refractivity (Wildman–Crippen MR) is 93.1 cm³/mol. The number of halogens is 1. The molecular formula is C18H15ClN4O2. The summed E-state index contributed by atoms with van der Waals surface area (Å²) < 4.78 is 7.11. The molecule has 2 aromatic carbocycles. The van der Waals surface area contributed by atoms with Crippen LogP contribution in [-0.2, 0) is 0 Å². The van der Waals surface area contributed by atoms with Crippen LogP contribution in [0, 0.1) is 0 Å². The Bertz CT molecular complexity index is 925. The summed E-state index contributed by atoms with van der Waals surface area (Å²) in [6.07, 6.45) is 2.28. The van der Waals surface area contributed by atoms with Gasteiger partial charge in [-0.2, -0.15) is 0 Å². The van der Waals surface area contributed by atoms with Crippen LogP contribution in [0.4, 0.5) is 0 Å². The van der Waals surface area contributed by atoms with Gasteiger partial charge in [-0.05, 0) is 18.2 Å². The van der Waals surface area contributed by atoms with Crippen molar-refractivity contribution in [1.29, 1.82) is 0 Å². The van der Waals surface area contributed by atoms with E-state index in [9.17, 15) is 4.79 Å². The van der Waals surface area contributed by atoms with E-state index in [1.165, 1.54) is 4.68 Å². The number of amides is 1. The summed E-state index contributed by atoms with van der Waals surface area (Å²) in [7, 11) is 0. The van der Waals surface area contributed by atoms with Crippen molar-refractivity contribution in [3.63, 3.8) is 0 Å². The molecular weight excluding hydrogens is 340 g/mol. The summed E-state index contributed by atoms with van der Waals surface area (Å²) in [5.74, 6) is 0.527. The van der Waals surface area contributed by atoms with E-state index in [1.54, 1.807) is 12.3 Å². The first-order chi connectivity index (χ1) is 12.2. The van der Waals surface area contributed by atoms with Crippen LogP contribution in [-0.4, -0.2) is 27.5 Å². The van der Waals surface area contributed by atoms with Crippen LogP contribution in [0.1, 0.15) is 28.5 Å². The highest BCUT2D eigenvalue weighted by molar-refractivity contribution is 6.32. The highest BCUT2D eigenvalue weighted by Gasteiger charge is 2.24. The van der Waals surface area contributed by atoms with E-state index < -0.39 is 0 Å². The van der Waals surface area contributed by atoms with Gasteiger partial charge in [-0.25, -0.2) is 4.68 Å². The van der Waals surface area contributed by atoms with E-state index in [0.29, 0.717) is 23.7 Å². The largest absolute Gasteiger partial charge is 0.493 e. The lowest BCUT2D eigenvalue weighted by molar-refractivity contribution is 0.0919. The van der Waals surface area contributed by atoms with E-state index in [4.69, 9.17) is 16.3 Å². The fraction of sp³-hybridized carbons (Fsp3) is 0.167. The number of fused-ring (bicyclic) bond motifs is 1. The first-order valence-corrected chi connectivity index (χ1v) is 8.30. The van der Waals surface area contributed by atoms with Gasteiger partial charge in [-0.1, -0.05) is 47.1 Å². The van der Waals surface area contributed by atoms with Crippen LogP contribution in [0.25, 0.3) is 5.69 Å². The highest BCUT2D eigenvalue weighted by atomic mass is 35.5. The Labute approximate surface area is 149 Å². The Morgan fingerprint density at radius 3 is 2.88 bits per heavy atom. The maximum atomic E-state index is 12.6. The zero-order valence-corrected chi connectivity index (χ0v) is 14.0. The molecule has 1 amide bonds. The molecule has 1 aromatic heterocycles. The third-order valence-corrected chi connectivity index (χ3v) is 4.41. The summed E-state index contributed by atoms with van der Waals surface area (Å²) in [4.78, 5) is 12.6. The van der Waals surface area contributed by atoms with Crippen molar-refractivity contribution in [2.24, 2.45) is 0 Å². The van der Waals surface area contributed by atoms with E-state index in [2.05, 4.69) is 15.6 Å². The number of rotatable bonds is 3. The molecule has 0 saturated heterocycles. The normalized spacial score (nSPS) is 16.0. The standard InChI is InChI=1S/C18H15ClN4O2/c19-13-6-2-3-7-16(13)23-11-15(21-22-23)18(24)20-14-9-10-25-17-8-4-1-5-12(14)17/h1-8,11,14H,9-10H2,(H,20,24). The van der Waals surface area contributed by atoms with Gasteiger partial charge in [0.15, 0.2) is 5.69 Å². The second-order valence-corrected chi connectivity index (χ2v) is 6.11. The predicted octanol–water partition coefficient (Wildman–Crippen LogP) is 3.17. The number of carbonyl (C=O) groups excluding carboxylic acids is 1. The second kappa shape index (κ2) is 6.57. The Morgan fingerprint density at radius 1 is 1.20 bits per heavy atom. The summed E-state index contributed by atoms with van der Waals surface area (Å²) in [5.41, 5.74) is 1.89. The molecule has 0 fully saturated rings. The SMILES string of the molecule is O=C(NC1CCOc2ccccc21)c1cn(-c2ccccc2Cl)nn1. The molecule has 2 heterocycles. The molecule has 6 nitrogen and oxygen atoms in total. The number of ether oxygens (including phenoxy) is 1. The monoisotopic (exact) mass is 354 g/mol. The molecule has 25 heavy (non-hydrogen) atoms. The van der Waals surface area contributed by atoms with Gasteiger partial charge in [0.2, 0.25) is 0 Å².